The number of non-ortho nitro benzene ring substituents is 1. The Balaban J connectivity index is 1.80. The van der Waals surface area contributed by atoms with Crippen LogP contribution in [0.3, 0.4) is 0 Å². The van der Waals surface area contributed by atoms with Crippen LogP contribution in [0.2, 0.25) is 0 Å². The van der Waals surface area contributed by atoms with Crippen molar-refractivity contribution < 1.29 is 19.3 Å². The summed E-state index contributed by atoms with van der Waals surface area (Å²) in [5.41, 5.74) is 0.340. The van der Waals surface area contributed by atoms with Gasteiger partial charge in [0.2, 0.25) is 0 Å². The van der Waals surface area contributed by atoms with Crippen molar-refractivity contribution in [2.24, 2.45) is 5.10 Å². The van der Waals surface area contributed by atoms with Gasteiger partial charge in [-0.2, -0.15) is 10.2 Å². The molecule has 0 radical (unpaired) electrons. The Labute approximate surface area is 186 Å². The molecule has 0 saturated carbocycles. The zero-order valence-corrected chi connectivity index (χ0v) is 18.1. The first kappa shape index (κ1) is 22.6. The highest BCUT2D eigenvalue weighted by atomic mass is 32.2. The minimum absolute atomic E-state index is 0.133. The summed E-state index contributed by atoms with van der Waals surface area (Å²) in [4.78, 5) is 22.8. The largest absolute Gasteiger partial charge is 0.347 e. The fraction of sp³-hybridized carbons (Fsp3) is 0.211. The number of nitro groups is 1. The van der Waals surface area contributed by atoms with E-state index >= 15 is 0 Å². The molecule has 31 heavy (non-hydrogen) atoms. The second-order valence-electron chi connectivity index (χ2n) is 7.03. The summed E-state index contributed by atoms with van der Waals surface area (Å²) in [5.74, 6) is -0.475. The highest BCUT2D eigenvalue weighted by Crippen LogP contribution is 2.42. The lowest BCUT2D eigenvalue weighted by Crippen LogP contribution is -2.54. The molecular weight excluding hydrogens is 445 g/mol. The number of nitro benzene ring substituents is 1. The maximum Gasteiger partial charge on any atom is 0.347 e. The number of hydroxylamine groups is 2. The smallest absolute Gasteiger partial charge is 0.306 e. The topological polar surface area (TPSA) is 111 Å². The van der Waals surface area contributed by atoms with Gasteiger partial charge >= 0.3 is 6.03 Å². The van der Waals surface area contributed by atoms with E-state index in [0.29, 0.717) is 9.38 Å². The van der Waals surface area contributed by atoms with Crippen molar-refractivity contribution >= 4 is 51.9 Å². The SMILES string of the molecule is CC1(C)SC(=S)N(/N=C\c2ccccc2F)[C@H]1N(O)C(=O)Nc1ccc([N+](=O)[O-])cc1. The number of amides is 2. The Morgan fingerprint density at radius 3 is 2.61 bits per heavy atom. The van der Waals surface area contributed by atoms with Crippen LogP contribution in [-0.2, 0) is 0 Å². The minimum atomic E-state index is -0.994. The van der Waals surface area contributed by atoms with Crippen LogP contribution in [0.5, 0.6) is 0 Å². The molecule has 2 N–H and O–H groups in total. The number of thioether (sulfide) groups is 1. The lowest BCUT2D eigenvalue weighted by atomic mass is 10.1. The van der Waals surface area contributed by atoms with E-state index in [4.69, 9.17) is 12.2 Å². The van der Waals surface area contributed by atoms with E-state index in [0.717, 1.165) is 0 Å². The number of benzene rings is 2. The first-order chi connectivity index (χ1) is 14.6. The van der Waals surface area contributed by atoms with E-state index in [1.165, 1.54) is 59.4 Å². The number of anilines is 1. The van der Waals surface area contributed by atoms with E-state index in [-0.39, 0.29) is 16.9 Å². The number of hydrazone groups is 1. The first-order valence-electron chi connectivity index (χ1n) is 8.94. The van der Waals surface area contributed by atoms with Crippen LogP contribution in [-0.4, -0.2) is 47.7 Å². The summed E-state index contributed by atoms with van der Waals surface area (Å²) in [5, 5.41) is 29.8. The number of urea groups is 1. The summed E-state index contributed by atoms with van der Waals surface area (Å²) in [6, 6.07) is 10.3. The van der Waals surface area contributed by atoms with E-state index in [2.05, 4.69) is 10.4 Å². The van der Waals surface area contributed by atoms with Crippen LogP contribution in [0.25, 0.3) is 0 Å². The van der Waals surface area contributed by atoms with E-state index < -0.39 is 27.7 Å². The van der Waals surface area contributed by atoms with E-state index in [1.54, 1.807) is 26.0 Å². The molecule has 0 unspecified atom stereocenters. The second-order valence-corrected chi connectivity index (χ2v) is 9.32. The molecule has 162 valence electrons. The van der Waals surface area contributed by atoms with Crippen molar-refractivity contribution in [3.8, 4) is 0 Å². The fourth-order valence-corrected chi connectivity index (χ4v) is 4.68. The molecule has 12 heteroatoms. The molecular formula is C19H18FN5O4S2. The van der Waals surface area contributed by atoms with Gasteiger partial charge < -0.3 is 5.32 Å². The monoisotopic (exact) mass is 463 g/mol. The average molecular weight is 464 g/mol. The number of nitrogens with zero attached hydrogens (tertiary/aromatic N) is 4. The van der Waals surface area contributed by atoms with Gasteiger partial charge in [0, 0.05) is 23.4 Å². The molecule has 1 heterocycles. The number of carbonyl (C=O) groups excluding carboxylic acids is 1. The zero-order valence-electron chi connectivity index (χ0n) is 16.4. The van der Waals surface area contributed by atoms with Crippen molar-refractivity contribution in [3.05, 3.63) is 70.0 Å². The number of hydrogen-bond donors (Lipinski definition) is 2. The Hall–Kier alpha value is -3.09. The second kappa shape index (κ2) is 8.96. The van der Waals surface area contributed by atoms with Crippen molar-refractivity contribution in [2.75, 3.05) is 5.32 Å². The van der Waals surface area contributed by atoms with Crippen LogP contribution in [0.4, 0.5) is 20.6 Å². The first-order valence-corrected chi connectivity index (χ1v) is 10.2. The minimum Gasteiger partial charge on any atom is -0.306 e. The molecule has 9 nitrogen and oxygen atoms in total. The number of thiocarbonyl (C=S) groups is 1. The summed E-state index contributed by atoms with van der Waals surface area (Å²) in [6.45, 7) is 3.55. The molecule has 1 atom stereocenters. The van der Waals surface area contributed by atoms with E-state index in [1.807, 2.05) is 0 Å². The average Bonchev–Trinajstić information content (AvgIpc) is 2.94. The fourth-order valence-electron chi connectivity index (χ4n) is 2.89. The third kappa shape index (κ3) is 4.98. The van der Waals surface area contributed by atoms with Crippen LogP contribution in [0.15, 0.2) is 53.6 Å². The zero-order chi connectivity index (χ0) is 22.8. The van der Waals surface area contributed by atoms with Gasteiger partial charge in [0.25, 0.3) is 5.69 Å². The van der Waals surface area contributed by atoms with Gasteiger partial charge in [-0.25, -0.2) is 14.2 Å². The Kier molecular flexibility index (Phi) is 6.53. The molecule has 1 aliphatic rings. The van der Waals surface area contributed by atoms with Gasteiger partial charge in [0.1, 0.15) is 5.82 Å². The van der Waals surface area contributed by atoms with Gasteiger partial charge in [0.05, 0.1) is 15.9 Å². The third-order valence-corrected chi connectivity index (χ3v) is 5.92. The van der Waals surface area contributed by atoms with Gasteiger partial charge in [-0.1, -0.05) is 42.2 Å². The normalized spacial score (nSPS) is 17.7. The molecule has 2 aromatic rings. The number of rotatable bonds is 5. The summed E-state index contributed by atoms with van der Waals surface area (Å²) in [7, 11) is 0. The lowest BCUT2D eigenvalue weighted by molar-refractivity contribution is -0.384. The van der Waals surface area contributed by atoms with Crippen molar-refractivity contribution in [1.82, 2.24) is 10.1 Å². The van der Waals surface area contributed by atoms with Crippen LogP contribution in [0.1, 0.15) is 19.4 Å². The predicted molar refractivity (Wildman–Crippen MR) is 120 cm³/mol. The molecule has 0 spiro atoms. The van der Waals surface area contributed by atoms with Crippen LogP contribution >= 0.6 is 24.0 Å². The maximum atomic E-state index is 13.9. The number of nitrogens with one attached hydrogen (secondary N) is 1. The molecule has 0 aliphatic carbocycles. The molecule has 1 fully saturated rings. The maximum absolute atomic E-state index is 13.9. The third-order valence-electron chi connectivity index (χ3n) is 4.39. The van der Waals surface area contributed by atoms with Gasteiger partial charge in [-0.15, -0.1) is 0 Å². The van der Waals surface area contributed by atoms with Crippen LogP contribution in [0, 0.1) is 15.9 Å². The predicted octanol–water partition coefficient (Wildman–Crippen LogP) is 4.43. The van der Waals surface area contributed by atoms with Crippen molar-refractivity contribution in [1.29, 1.82) is 0 Å². The Bertz CT molecular complexity index is 1050. The number of halogens is 1. The highest BCUT2D eigenvalue weighted by molar-refractivity contribution is 8.24. The molecule has 1 aliphatic heterocycles. The standard InChI is InChI=1S/C19H18FN5O4S2/c1-19(2)16(23(18(30)31-19)21-11-12-5-3-4-6-15(12)20)24(27)17(26)22-13-7-9-14(10-8-13)25(28)29/h3-11,16,27H,1-2H3,(H,22,26)/b21-11-/t16-/m0/s1. The number of carbonyl (C=O) groups is 1. The molecule has 0 aromatic heterocycles. The van der Waals surface area contributed by atoms with E-state index in [9.17, 15) is 24.5 Å². The van der Waals surface area contributed by atoms with Gasteiger partial charge in [0.15, 0.2) is 10.5 Å². The summed E-state index contributed by atoms with van der Waals surface area (Å²) >= 11 is 6.57. The number of hydrogen-bond acceptors (Lipinski definition) is 7. The molecule has 0 bridgehead atoms. The molecule has 2 aromatic carbocycles. The van der Waals surface area contributed by atoms with Crippen molar-refractivity contribution in [3.63, 3.8) is 0 Å². The molecule has 3 rings (SSSR count). The Morgan fingerprint density at radius 2 is 2.00 bits per heavy atom. The Morgan fingerprint density at radius 1 is 1.35 bits per heavy atom. The summed E-state index contributed by atoms with van der Waals surface area (Å²) < 4.78 is 13.5. The summed E-state index contributed by atoms with van der Waals surface area (Å²) in [6.07, 6.45) is 0.268. The van der Waals surface area contributed by atoms with Crippen molar-refractivity contribution in [2.45, 2.75) is 24.8 Å². The lowest BCUT2D eigenvalue weighted by Gasteiger charge is -2.34. The molecule has 1 saturated heterocycles. The highest BCUT2D eigenvalue weighted by Gasteiger charge is 2.50. The van der Waals surface area contributed by atoms with Crippen LogP contribution < -0.4 is 5.32 Å². The van der Waals surface area contributed by atoms with Gasteiger partial charge in [-0.05, 0) is 32.0 Å². The van der Waals surface area contributed by atoms with Gasteiger partial charge in [-0.3, -0.25) is 15.3 Å². The molecule has 2 amide bonds. The quantitative estimate of drug-likeness (QED) is 0.222.